The number of aromatic nitrogens is 4. The molecule has 3 rings (SSSR count). The lowest BCUT2D eigenvalue weighted by Crippen LogP contribution is -2.23. The lowest BCUT2D eigenvalue weighted by molar-refractivity contribution is 0.600. The van der Waals surface area contributed by atoms with Crippen LogP contribution in [0.1, 0.15) is 23.9 Å². The Balaban J connectivity index is 1.76. The van der Waals surface area contributed by atoms with Gasteiger partial charge in [0.2, 0.25) is 0 Å². The Morgan fingerprint density at radius 1 is 1.07 bits per heavy atom. The van der Waals surface area contributed by atoms with Crippen molar-refractivity contribution in [1.29, 1.82) is 0 Å². The van der Waals surface area contributed by atoms with Crippen LogP contribution < -0.4 is 9.62 Å². The molecule has 0 aliphatic heterocycles. The molecule has 142 valence electrons. The first-order valence-electron chi connectivity index (χ1n) is 8.57. The van der Waals surface area contributed by atoms with E-state index in [-0.39, 0.29) is 10.7 Å². The number of benzene rings is 1. The summed E-state index contributed by atoms with van der Waals surface area (Å²) in [5.41, 5.74) is 2.05. The molecule has 27 heavy (non-hydrogen) atoms. The van der Waals surface area contributed by atoms with Gasteiger partial charge in [-0.1, -0.05) is 30.3 Å². The fraction of sp³-hybridized carbons (Fsp3) is 0.278. The van der Waals surface area contributed by atoms with E-state index in [4.69, 9.17) is 0 Å². The van der Waals surface area contributed by atoms with E-state index in [0.717, 1.165) is 12.1 Å². The van der Waals surface area contributed by atoms with Gasteiger partial charge in [-0.3, -0.25) is 9.82 Å². The van der Waals surface area contributed by atoms with Gasteiger partial charge in [-0.25, -0.2) is 8.42 Å². The van der Waals surface area contributed by atoms with Crippen LogP contribution in [0.4, 0.5) is 11.6 Å². The molecule has 0 amide bonds. The standard InChI is InChI=1S/C18H22N6O2S/c1-4-24(12-15-8-6-5-7-9-15)17-11-10-16(21-22-17)23-27(25,26)18-13(2)19-20-14(18)3/h5-11H,4,12H2,1-3H3,(H,19,20)(H,21,23). The molecule has 9 heteroatoms. The Morgan fingerprint density at radius 2 is 1.81 bits per heavy atom. The molecule has 0 fully saturated rings. The lowest BCUT2D eigenvalue weighted by atomic mass is 10.2. The first kappa shape index (κ1) is 18.8. The number of nitrogens with zero attached hydrogens (tertiary/aromatic N) is 4. The molecule has 0 saturated carbocycles. The fourth-order valence-electron chi connectivity index (χ4n) is 2.83. The summed E-state index contributed by atoms with van der Waals surface area (Å²) in [6.45, 7) is 6.78. The number of sulfonamides is 1. The topological polar surface area (TPSA) is 104 Å². The zero-order chi connectivity index (χ0) is 19.4. The summed E-state index contributed by atoms with van der Waals surface area (Å²) in [4.78, 5) is 2.19. The molecule has 1 aromatic carbocycles. The van der Waals surface area contributed by atoms with E-state index in [9.17, 15) is 8.42 Å². The van der Waals surface area contributed by atoms with E-state index in [1.54, 1.807) is 26.0 Å². The van der Waals surface area contributed by atoms with E-state index in [2.05, 4.69) is 30.0 Å². The van der Waals surface area contributed by atoms with Crippen molar-refractivity contribution in [2.45, 2.75) is 32.2 Å². The lowest BCUT2D eigenvalue weighted by Gasteiger charge is -2.21. The molecule has 0 saturated heterocycles. The van der Waals surface area contributed by atoms with Crippen molar-refractivity contribution in [2.24, 2.45) is 0 Å². The number of nitrogens with one attached hydrogen (secondary N) is 2. The largest absolute Gasteiger partial charge is 0.351 e. The van der Waals surface area contributed by atoms with Crippen LogP contribution in [0.3, 0.4) is 0 Å². The second kappa shape index (κ2) is 7.75. The molecule has 2 N–H and O–H groups in total. The SMILES string of the molecule is CCN(Cc1ccccc1)c1ccc(NS(=O)(=O)c2c(C)n[nH]c2C)nn1. The summed E-state index contributed by atoms with van der Waals surface area (Å²) in [7, 11) is -3.78. The van der Waals surface area contributed by atoms with Gasteiger partial charge in [0.25, 0.3) is 10.0 Å². The zero-order valence-electron chi connectivity index (χ0n) is 15.5. The highest BCUT2D eigenvalue weighted by Gasteiger charge is 2.23. The molecule has 3 aromatic rings. The third-order valence-electron chi connectivity index (χ3n) is 4.14. The molecule has 0 unspecified atom stereocenters. The van der Waals surface area contributed by atoms with Crippen LogP contribution in [0.25, 0.3) is 0 Å². The normalized spacial score (nSPS) is 11.4. The van der Waals surface area contributed by atoms with Crippen LogP contribution in [-0.4, -0.2) is 35.4 Å². The highest BCUT2D eigenvalue weighted by atomic mass is 32.2. The molecule has 0 spiro atoms. The van der Waals surface area contributed by atoms with Crippen LogP contribution in [0.2, 0.25) is 0 Å². The molecule has 0 aliphatic rings. The molecular weight excluding hydrogens is 364 g/mol. The van der Waals surface area contributed by atoms with E-state index in [1.165, 1.54) is 0 Å². The first-order valence-corrected chi connectivity index (χ1v) is 10.1. The molecule has 2 aromatic heterocycles. The highest BCUT2D eigenvalue weighted by molar-refractivity contribution is 7.92. The number of aromatic amines is 1. The maximum Gasteiger partial charge on any atom is 0.266 e. The van der Waals surface area contributed by atoms with Gasteiger partial charge in [0.1, 0.15) is 4.90 Å². The summed E-state index contributed by atoms with van der Waals surface area (Å²) < 4.78 is 27.6. The van der Waals surface area contributed by atoms with Gasteiger partial charge < -0.3 is 4.90 Å². The van der Waals surface area contributed by atoms with Crippen molar-refractivity contribution in [3.8, 4) is 0 Å². The minimum atomic E-state index is -3.78. The van der Waals surface area contributed by atoms with Gasteiger partial charge in [0, 0.05) is 13.1 Å². The number of hydrogen-bond donors (Lipinski definition) is 2. The molecule has 0 radical (unpaired) electrons. The maximum atomic E-state index is 12.6. The monoisotopic (exact) mass is 386 g/mol. The summed E-state index contributed by atoms with van der Waals surface area (Å²) in [5, 5.41) is 14.8. The Bertz CT molecular complexity index is 981. The smallest absolute Gasteiger partial charge is 0.266 e. The van der Waals surface area contributed by atoms with Crippen molar-refractivity contribution in [3.05, 3.63) is 59.4 Å². The number of rotatable bonds is 7. The second-order valence-corrected chi connectivity index (χ2v) is 7.76. The molecule has 2 heterocycles. The number of H-pyrrole nitrogens is 1. The van der Waals surface area contributed by atoms with Crippen LogP contribution in [0, 0.1) is 13.8 Å². The minimum Gasteiger partial charge on any atom is -0.351 e. The average molecular weight is 386 g/mol. The highest BCUT2D eigenvalue weighted by Crippen LogP contribution is 2.21. The van der Waals surface area contributed by atoms with E-state index >= 15 is 0 Å². The van der Waals surface area contributed by atoms with Crippen molar-refractivity contribution in [1.82, 2.24) is 20.4 Å². The molecular formula is C18H22N6O2S. The van der Waals surface area contributed by atoms with Gasteiger partial charge in [0.15, 0.2) is 11.6 Å². The number of aryl methyl sites for hydroxylation is 2. The Morgan fingerprint density at radius 3 is 2.37 bits per heavy atom. The number of hydrogen-bond acceptors (Lipinski definition) is 6. The van der Waals surface area contributed by atoms with Gasteiger partial charge in [-0.2, -0.15) is 5.10 Å². The molecule has 0 atom stereocenters. The molecule has 0 aliphatic carbocycles. The first-order chi connectivity index (χ1) is 12.9. The fourth-order valence-corrected chi connectivity index (χ4v) is 4.20. The van der Waals surface area contributed by atoms with Crippen molar-refractivity contribution in [3.63, 3.8) is 0 Å². The van der Waals surface area contributed by atoms with Gasteiger partial charge in [0.05, 0.1) is 11.4 Å². The van der Waals surface area contributed by atoms with E-state index < -0.39 is 10.0 Å². The van der Waals surface area contributed by atoms with Crippen LogP contribution in [-0.2, 0) is 16.6 Å². The van der Waals surface area contributed by atoms with Crippen molar-refractivity contribution >= 4 is 21.7 Å². The zero-order valence-corrected chi connectivity index (χ0v) is 16.3. The third-order valence-corrected chi connectivity index (χ3v) is 5.76. The third kappa shape index (κ3) is 4.25. The Labute approximate surface area is 158 Å². The summed E-state index contributed by atoms with van der Waals surface area (Å²) in [6, 6.07) is 13.4. The Kier molecular flexibility index (Phi) is 5.41. The minimum absolute atomic E-state index is 0.132. The quantitative estimate of drug-likeness (QED) is 0.647. The summed E-state index contributed by atoms with van der Waals surface area (Å²) in [6.07, 6.45) is 0. The van der Waals surface area contributed by atoms with Crippen LogP contribution in [0.5, 0.6) is 0 Å². The van der Waals surface area contributed by atoms with E-state index in [1.807, 2.05) is 37.3 Å². The number of anilines is 2. The van der Waals surface area contributed by atoms with Gasteiger partial charge >= 0.3 is 0 Å². The maximum absolute atomic E-state index is 12.6. The van der Waals surface area contributed by atoms with Crippen molar-refractivity contribution in [2.75, 3.05) is 16.2 Å². The van der Waals surface area contributed by atoms with Gasteiger partial charge in [-0.15, -0.1) is 10.2 Å². The Hall–Kier alpha value is -2.94. The molecule has 0 bridgehead atoms. The predicted molar refractivity (Wildman–Crippen MR) is 104 cm³/mol. The average Bonchev–Trinajstić information content (AvgIpc) is 3.00. The van der Waals surface area contributed by atoms with Crippen LogP contribution >= 0.6 is 0 Å². The summed E-state index contributed by atoms with van der Waals surface area (Å²) in [5.74, 6) is 0.842. The second-order valence-electron chi connectivity index (χ2n) is 6.15. The van der Waals surface area contributed by atoms with Gasteiger partial charge in [-0.05, 0) is 38.5 Å². The van der Waals surface area contributed by atoms with E-state index in [0.29, 0.717) is 23.8 Å². The predicted octanol–water partition coefficient (Wildman–Crippen LogP) is 2.64. The van der Waals surface area contributed by atoms with Crippen LogP contribution in [0.15, 0.2) is 47.4 Å². The van der Waals surface area contributed by atoms with Crippen molar-refractivity contribution < 1.29 is 8.42 Å². The summed E-state index contributed by atoms with van der Waals surface area (Å²) >= 11 is 0. The molecule has 8 nitrogen and oxygen atoms in total.